The van der Waals surface area contributed by atoms with Gasteiger partial charge in [-0.2, -0.15) is 0 Å². The van der Waals surface area contributed by atoms with Crippen LogP contribution in [0.25, 0.3) is 0 Å². The molecule has 1 aliphatic rings. The van der Waals surface area contributed by atoms with E-state index in [9.17, 15) is 9.90 Å². The van der Waals surface area contributed by atoms with E-state index in [1.165, 1.54) is 4.90 Å². The van der Waals surface area contributed by atoms with Crippen molar-refractivity contribution >= 4 is 6.09 Å². The average Bonchev–Trinajstić information content (AvgIpc) is 2.13. The Hall–Kier alpha value is -0.770. The van der Waals surface area contributed by atoms with E-state index in [2.05, 4.69) is 0 Å². The minimum absolute atomic E-state index is 0.273. The number of likely N-dealkylation sites (tertiary alicyclic amines) is 1. The van der Waals surface area contributed by atoms with Crippen molar-refractivity contribution < 1.29 is 15.0 Å². The smallest absolute Gasteiger partial charge is 0.407 e. The molecule has 1 heterocycles. The molecule has 0 unspecified atom stereocenters. The van der Waals surface area contributed by atoms with Gasteiger partial charge in [0.2, 0.25) is 0 Å². The Morgan fingerprint density at radius 1 is 1.45 bits per heavy atom. The molecule has 0 aromatic heterocycles. The third-order valence-corrected chi connectivity index (χ3v) is 1.92. The highest BCUT2D eigenvalue weighted by molar-refractivity contribution is 5.64. The Morgan fingerprint density at radius 2 is 2.18 bits per heavy atom. The fourth-order valence-corrected chi connectivity index (χ4v) is 1.29. The van der Waals surface area contributed by atoms with E-state index in [-0.39, 0.29) is 6.54 Å². The first-order chi connectivity index (χ1) is 5.20. The summed E-state index contributed by atoms with van der Waals surface area (Å²) >= 11 is 0. The van der Waals surface area contributed by atoms with Crippen LogP contribution in [0.15, 0.2) is 0 Å². The van der Waals surface area contributed by atoms with E-state index in [1.807, 2.05) is 0 Å². The van der Waals surface area contributed by atoms with Gasteiger partial charge in [-0.25, -0.2) is 4.79 Å². The number of aliphatic hydroxyl groups excluding tert-OH is 1. The number of hydrogen-bond donors (Lipinski definition) is 2. The highest BCUT2D eigenvalue weighted by atomic mass is 16.4. The fraction of sp³-hybridized carbons (Fsp3) is 0.857. The fourth-order valence-electron chi connectivity index (χ4n) is 1.29. The van der Waals surface area contributed by atoms with Gasteiger partial charge in [-0.15, -0.1) is 0 Å². The van der Waals surface area contributed by atoms with Gasteiger partial charge >= 0.3 is 6.09 Å². The number of carbonyl (C=O) groups is 1. The molecule has 2 N–H and O–H groups in total. The maximum Gasteiger partial charge on any atom is 0.407 e. The van der Waals surface area contributed by atoms with Crippen molar-refractivity contribution in [1.29, 1.82) is 0 Å². The summed E-state index contributed by atoms with van der Waals surface area (Å²) in [6.45, 7) is 0.835. The molecule has 1 amide bonds. The molecule has 4 nitrogen and oxygen atoms in total. The molecule has 0 spiro atoms. The molecule has 1 rings (SSSR count). The van der Waals surface area contributed by atoms with E-state index in [0.717, 1.165) is 19.3 Å². The van der Waals surface area contributed by atoms with Crippen molar-refractivity contribution in [2.75, 3.05) is 13.1 Å². The normalized spacial score (nSPS) is 26.3. The summed E-state index contributed by atoms with van der Waals surface area (Å²) in [6.07, 6.45) is 1.12. The molecule has 1 aliphatic heterocycles. The zero-order valence-electron chi connectivity index (χ0n) is 6.36. The summed E-state index contributed by atoms with van der Waals surface area (Å²) in [6, 6.07) is 0. The van der Waals surface area contributed by atoms with Crippen LogP contribution in [0.4, 0.5) is 4.79 Å². The lowest BCUT2D eigenvalue weighted by Crippen LogP contribution is -2.35. The summed E-state index contributed by atoms with van der Waals surface area (Å²) in [7, 11) is 0. The third kappa shape index (κ3) is 2.38. The molecular weight excluding hydrogens is 146 g/mol. The minimum atomic E-state index is -0.925. The first-order valence-electron chi connectivity index (χ1n) is 3.86. The lowest BCUT2D eigenvalue weighted by molar-refractivity contribution is 0.104. The van der Waals surface area contributed by atoms with Crippen LogP contribution in [-0.4, -0.2) is 40.4 Å². The molecule has 0 aromatic rings. The van der Waals surface area contributed by atoms with Gasteiger partial charge in [-0.1, -0.05) is 0 Å². The van der Waals surface area contributed by atoms with E-state index in [1.54, 1.807) is 0 Å². The minimum Gasteiger partial charge on any atom is -0.465 e. The van der Waals surface area contributed by atoms with Crippen LogP contribution in [0.5, 0.6) is 0 Å². The second kappa shape index (κ2) is 3.57. The van der Waals surface area contributed by atoms with Crippen LogP contribution in [0.1, 0.15) is 19.3 Å². The first-order valence-corrected chi connectivity index (χ1v) is 3.86. The molecule has 64 valence electrons. The van der Waals surface area contributed by atoms with Crippen LogP contribution in [0.3, 0.4) is 0 Å². The molecule has 1 atom stereocenters. The van der Waals surface area contributed by atoms with E-state index in [0.29, 0.717) is 6.54 Å². The summed E-state index contributed by atoms with van der Waals surface area (Å²) in [5.41, 5.74) is 0. The van der Waals surface area contributed by atoms with Crippen molar-refractivity contribution in [1.82, 2.24) is 4.90 Å². The summed E-state index contributed by atoms with van der Waals surface area (Å²) in [5.74, 6) is 0. The van der Waals surface area contributed by atoms with Crippen molar-refractivity contribution in [2.24, 2.45) is 0 Å². The van der Waals surface area contributed by atoms with Gasteiger partial charge in [0.15, 0.2) is 0 Å². The van der Waals surface area contributed by atoms with Crippen molar-refractivity contribution in [3.8, 4) is 0 Å². The van der Waals surface area contributed by atoms with Gasteiger partial charge < -0.3 is 15.1 Å². The summed E-state index contributed by atoms with van der Waals surface area (Å²) in [4.78, 5) is 11.7. The number of β-amino-alcohol motifs (C(OH)–C–C–N with tert-alkyl or cyclic N) is 1. The lowest BCUT2D eigenvalue weighted by Gasteiger charge is -2.17. The Balaban J connectivity index is 2.45. The van der Waals surface area contributed by atoms with Gasteiger partial charge in [0.1, 0.15) is 0 Å². The predicted octanol–water partition coefficient (Wildman–Crippen LogP) is 0.511. The third-order valence-electron chi connectivity index (χ3n) is 1.92. The van der Waals surface area contributed by atoms with Gasteiger partial charge in [0.25, 0.3) is 0 Å². The summed E-state index contributed by atoms with van der Waals surface area (Å²) in [5, 5.41) is 17.8. The number of nitrogens with zero attached hydrogens (tertiary/aromatic N) is 1. The molecule has 0 bridgehead atoms. The molecule has 0 aliphatic carbocycles. The zero-order valence-corrected chi connectivity index (χ0v) is 6.36. The molecule has 0 radical (unpaired) electrons. The van der Waals surface area contributed by atoms with E-state index in [4.69, 9.17) is 5.11 Å². The maximum atomic E-state index is 10.5. The van der Waals surface area contributed by atoms with Crippen LogP contribution >= 0.6 is 0 Å². The topological polar surface area (TPSA) is 60.8 Å². The van der Waals surface area contributed by atoms with Gasteiger partial charge in [-0.05, 0) is 19.3 Å². The molecule has 0 aromatic carbocycles. The van der Waals surface area contributed by atoms with Crippen molar-refractivity contribution in [2.45, 2.75) is 25.4 Å². The molecule has 0 saturated carbocycles. The molecular formula is C7H13NO3. The SMILES string of the molecule is O=C(O)N1CCCC[C@H](O)C1. The second-order valence-electron chi connectivity index (χ2n) is 2.88. The van der Waals surface area contributed by atoms with Crippen LogP contribution in [0, 0.1) is 0 Å². The van der Waals surface area contributed by atoms with Crippen LogP contribution < -0.4 is 0 Å². The van der Waals surface area contributed by atoms with Gasteiger partial charge in [0, 0.05) is 13.1 Å². The molecule has 11 heavy (non-hydrogen) atoms. The van der Waals surface area contributed by atoms with Crippen molar-refractivity contribution in [3.63, 3.8) is 0 Å². The second-order valence-corrected chi connectivity index (χ2v) is 2.88. The molecule has 1 fully saturated rings. The molecule has 1 saturated heterocycles. The molecule has 4 heteroatoms. The Bertz CT molecular complexity index is 149. The quantitative estimate of drug-likeness (QED) is 0.541. The Labute approximate surface area is 65.4 Å². The highest BCUT2D eigenvalue weighted by Crippen LogP contribution is 2.09. The largest absolute Gasteiger partial charge is 0.465 e. The summed E-state index contributed by atoms with van der Waals surface area (Å²) < 4.78 is 0. The Kier molecular flexibility index (Phi) is 2.70. The van der Waals surface area contributed by atoms with Crippen molar-refractivity contribution in [3.05, 3.63) is 0 Å². The lowest BCUT2D eigenvalue weighted by atomic mass is 10.2. The number of rotatable bonds is 0. The number of carboxylic acid groups (broad SMARTS) is 1. The van der Waals surface area contributed by atoms with E-state index >= 15 is 0 Å². The number of hydrogen-bond acceptors (Lipinski definition) is 2. The zero-order chi connectivity index (χ0) is 8.27. The predicted molar refractivity (Wildman–Crippen MR) is 39.5 cm³/mol. The van der Waals surface area contributed by atoms with Gasteiger partial charge in [0.05, 0.1) is 6.10 Å². The number of amides is 1. The monoisotopic (exact) mass is 159 g/mol. The van der Waals surface area contributed by atoms with Crippen LogP contribution in [-0.2, 0) is 0 Å². The average molecular weight is 159 g/mol. The highest BCUT2D eigenvalue weighted by Gasteiger charge is 2.18. The Morgan fingerprint density at radius 3 is 2.82 bits per heavy atom. The van der Waals surface area contributed by atoms with Crippen LogP contribution in [0.2, 0.25) is 0 Å². The van der Waals surface area contributed by atoms with E-state index < -0.39 is 12.2 Å². The standard InChI is InChI=1S/C7H13NO3/c9-6-3-1-2-4-8(5-6)7(10)11/h6,9H,1-5H2,(H,10,11)/t6-/m0/s1. The number of aliphatic hydroxyl groups is 1. The first kappa shape index (κ1) is 8.33. The van der Waals surface area contributed by atoms with Gasteiger partial charge in [-0.3, -0.25) is 0 Å². The maximum absolute atomic E-state index is 10.5.